The predicted octanol–water partition coefficient (Wildman–Crippen LogP) is 10.9. The number of halogens is 2. The van der Waals surface area contributed by atoms with Crippen LogP contribution in [0.3, 0.4) is 0 Å². The van der Waals surface area contributed by atoms with Crippen molar-refractivity contribution in [3.05, 3.63) is 144 Å². The summed E-state index contributed by atoms with van der Waals surface area (Å²) >= 11 is 9.41. The fourth-order valence-corrected chi connectivity index (χ4v) is 26.9. The van der Waals surface area contributed by atoms with E-state index in [0.717, 1.165) is 0 Å². The summed E-state index contributed by atoms with van der Waals surface area (Å²) in [4.78, 5) is 0. The van der Waals surface area contributed by atoms with Crippen molar-refractivity contribution < 1.29 is 0 Å². The molecule has 4 heteroatoms. The van der Waals surface area contributed by atoms with Gasteiger partial charge in [-0.25, -0.2) is 0 Å². The summed E-state index contributed by atoms with van der Waals surface area (Å²) < 4.78 is 0. The van der Waals surface area contributed by atoms with Crippen LogP contribution in [0.15, 0.2) is 121 Å². The van der Waals surface area contributed by atoms with Gasteiger partial charge in [0.2, 0.25) is 0 Å². The Morgan fingerprint density at radius 3 is 0.865 bits per heavy atom. The Bertz CT molecular complexity index is 1110. The minimum absolute atomic E-state index is 1.18. The first-order valence-corrected chi connectivity index (χ1v) is 23.4. The maximum absolute atomic E-state index is 4.70. The molecule has 0 N–H and O–H groups in total. The van der Waals surface area contributed by atoms with Gasteiger partial charge in [-0.3, -0.25) is 0 Å². The molecule has 4 aromatic carbocycles. The monoisotopic (exact) mass is 654 g/mol. The van der Waals surface area contributed by atoms with Crippen LogP contribution in [-0.2, 0) is 24.6 Å². The number of rotatable bonds is 8. The van der Waals surface area contributed by atoms with Crippen LogP contribution in [0, 0.1) is 0 Å². The first-order chi connectivity index (χ1) is 17.8. The Labute approximate surface area is 239 Å². The van der Waals surface area contributed by atoms with E-state index >= 15 is 0 Å². The summed E-state index contributed by atoms with van der Waals surface area (Å²) in [5.74, 6) is 0. The van der Waals surface area contributed by atoms with Gasteiger partial charge in [0.25, 0.3) is 0 Å². The van der Waals surface area contributed by atoms with Crippen LogP contribution in [0.2, 0.25) is 0 Å². The van der Waals surface area contributed by atoms with E-state index in [-0.39, 0.29) is 0 Å². The molecule has 0 radical (unpaired) electrons. The zero-order chi connectivity index (χ0) is 25.7. The van der Waals surface area contributed by atoms with E-state index in [4.69, 9.17) is 31.0 Å². The van der Waals surface area contributed by atoms with Crippen molar-refractivity contribution in [3.8, 4) is 0 Å². The van der Waals surface area contributed by atoms with E-state index in [1.807, 2.05) is 0 Å². The molecular formula is C33H38Br2P2. The van der Waals surface area contributed by atoms with Crippen molar-refractivity contribution in [1.82, 2.24) is 0 Å². The molecule has 194 valence electrons. The van der Waals surface area contributed by atoms with Gasteiger partial charge in [-0.1, -0.05) is 0 Å². The van der Waals surface area contributed by atoms with E-state index in [1.54, 1.807) is 0 Å². The molecule has 0 saturated carbocycles. The van der Waals surface area contributed by atoms with Gasteiger partial charge in [0.05, 0.1) is 0 Å². The van der Waals surface area contributed by atoms with Crippen molar-refractivity contribution in [2.24, 2.45) is 0 Å². The Kier molecular flexibility index (Phi) is 8.15. The molecule has 1 aliphatic heterocycles. The van der Waals surface area contributed by atoms with Gasteiger partial charge < -0.3 is 0 Å². The van der Waals surface area contributed by atoms with Crippen molar-refractivity contribution in [1.29, 1.82) is 0 Å². The molecule has 0 aromatic heterocycles. The number of hydrogen-bond acceptors (Lipinski definition) is 0. The van der Waals surface area contributed by atoms with E-state index in [0.29, 0.717) is 0 Å². The van der Waals surface area contributed by atoms with Gasteiger partial charge in [0.1, 0.15) is 0 Å². The molecule has 0 atom stereocenters. The van der Waals surface area contributed by atoms with Gasteiger partial charge in [0, 0.05) is 0 Å². The topological polar surface area (TPSA) is 0 Å². The van der Waals surface area contributed by atoms with E-state index < -0.39 is 10.6 Å². The molecule has 0 spiro atoms. The summed E-state index contributed by atoms with van der Waals surface area (Å²) in [7, 11) is 0. The Hall–Kier alpha value is -1.30. The van der Waals surface area contributed by atoms with Crippen molar-refractivity contribution >= 4 is 41.6 Å². The zero-order valence-corrected chi connectivity index (χ0v) is 26.5. The van der Waals surface area contributed by atoms with Gasteiger partial charge in [-0.2, -0.15) is 0 Å². The van der Waals surface area contributed by atoms with Crippen LogP contribution >= 0.6 is 41.6 Å². The Morgan fingerprint density at radius 2 is 0.622 bits per heavy atom. The number of benzene rings is 4. The second-order valence-corrected chi connectivity index (χ2v) is 33.8. The summed E-state index contributed by atoms with van der Waals surface area (Å²) in [6.07, 6.45) is 11.2. The van der Waals surface area contributed by atoms with Gasteiger partial charge >= 0.3 is 241 Å². The summed E-state index contributed by atoms with van der Waals surface area (Å²) in [6, 6.07) is 45.0. The van der Waals surface area contributed by atoms with Crippen LogP contribution in [0.1, 0.15) is 28.7 Å². The van der Waals surface area contributed by atoms with Gasteiger partial charge in [-0.15, -0.1) is 0 Å². The van der Waals surface area contributed by atoms with Crippen LogP contribution < -0.4 is 0 Å². The molecule has 1 aliphatic rings. The molecule has 0 bridgehead atoms. The standard InChI is InChI=1S/C33H38Br2P2/c34-36(26-30-14-5-1-6-15-30,27-31-16-7-2-8-17-31)22-13-23-37(35,25-24-36,28-32-18-9-3-10-19-32)29-33-20-11-4-12-21-33/h1-12,14-21H,13,22-29H2. The van der Waals surface area contributed by atoms with E-state index in [9.17, 15) is 0 Å². The molecule has 37 heavy (non-hydrogen) atoms. The third kappa shape index (κ3) is 6.83. The fourth-order valence-electron chi connectivity index (χ4n) is 6.49. The Balaban J connectivity index is 1.55. The summed E-state index contributed by atoms with van der Waals surface area (Å²) in [5, 5.41) is -4.56. The predicted molar refractivity (Wildman–Crippen MR) is 176 cm³/mol. The molecule has 4 aromatic rings. The van der Waals surface area contributed by atoms with Gasteiger partial charge in [-0.05, 0) is 0 Å². The first-order valence-electron chi connectivity index (χ1n) is 13.4. The second kappa shape index (κ2) is 11.1. The fraction of sp³-hybridized carbons (Fsp3) is 0.273. The molecule has 1 fully saturated rings. The molecular weight excluding hydrogens is 618 g/mol. The van der Waals surface area contributed by atoms with Crippen molar-refractivity contribution in [2.75, 3.05) is 24.6 Å². The first kappa shape index (κ1) is 27.3. The average molecular weight is 656 g/mol. The number of hydrogen-bond donors (Lipinski definition) is 0. The van der Waals surface area contributed by atoms with Crippen LogP contribution in [-0.4, -0.2) is 24.6 Å². The zero-order valence-electron chi connectivity index (χ0n) is 21.6. The summed E-state index contributed by atoms with van der Waals surface area (Å²) in [5.41, 5.74) is 5.93. The molecule has 0 amide bonds. The van der Waals surface area contributed by atoms with Crippen molar-refractivity contribution in [3.63, 3.8) is 0 Å². The quantitative estimate of drug-likeness (QED) is 0.166. The van der Waals surface area contributed by atoms with E-state index in [1.165, 1.54) is 78.0 Å². The maximum atomic E-state index is 4.70. The molecule has 5 rings (SSSR count). The third-order valence-corrected chi connectivity index (χ3v) is 26.1. The molecule has 1 saturated heterocycles. The van der Waals surface area contributed by atoms with Crippen LogP contribution in [0.25, 0.3) is 0 Å². The molecule has 1 heterocycles. The van der Waals surface area contributed by atoms with Crippen LogP contribution in [0.4, 0.5) is 0 Å². The SMILES string of the molecule is BrP1(Cc2ccccc2)(Cc2ccccc2)CCCP(Br)(Cc2ccccc2)(Cc2ccccc2)CC1. The second-order valence-electron chi connectivity index (χ2n) is 11.5. The van der Waals surface area contributed by atoms with E-state index in [2.05, 4.69) is 121 Å². The average Bonchev–Trinajstić information content (AvgIpc) is 3.01. The normalized spacial score (nSPS) is 21.8. The minimum atomic E-state index is -2.28. The molecule has 0 aliphatic carbocycles. The van der Waals surface area contributed by atoms with Crippen LogP contribution in [0.5, 0.6) is 0 Å². The van der Waals surface area contributed by atoms with Crippen molar-refractivity contribution in [2.45, 2.75) is 31.1 Å². The third-order valence-electron chi connectivity index (χ3n) is 8.33. The van der Waals surface area contributed by atoms with Gasteiger partial charge in [0.15, 0.2) is 0 Å². The molecule has 0 unspecified atom stereocenters. The Morgan fingerprint density at radius 1 is 0.378 bits per heavy atom. The summed E-state index contributed by atoms with van der Waals surface area (Å²) in [6.45, 7) is 0. The molecule has 0 nitrogen and oxygen atoms in total.